The van der Waals surface area contributed by atoms with Crippen LogP contribution in [0.1, 0.15) is 101 Å². The number of aryl methyl sites for hydroxylation is 2. The number of fused-ring (bicyclic) bond motifs is 3. The van der Waals surface area contributed by atoms with E-state index in [9.17, 15) is 60.7 Å². The van der Waals surface area contributed by atoms with E-state index in [1.807, 2.05) is 0 Å². The van der Waals surface area contributed by atoms with E-state index >= 15 is 0 Å². The zero-order valence-corrected chi connectivity index (χ0v) is 38.9. The Bertz CT molecular complexity index is 2860. The minimum atomic E-state index is -4.84. The van der Waals surface area contributed by atoms with Crippen LogP contribution in [0.4, 0.5) is 39.4 Å². The number of alkyl halides is 3. The van der Waals surface area contributed by atoms with Crippen LogP contribution in [0, 0.1) is 5.82 Å². The van der Waals surface area contributed by atoms with Crippen LogP contribution in [0.15, 0.2) is 84.9 Å². The summed E-state index contributed by atoms with van der Waals surface area (Å²) in [5, 5.41) is 11.1. The molecule has 17 nitrogen and oxygen atoms in total. The van der Waals surface area contributed by atoms with Gasteiger partial charge >= 0.3 is 12.3 Å². The Morgan fingerprint density at radius 1 is 0.792 bits per heavy atom. The summed E-state index contributed by atoms with van der Waals surface area (Å²) in [4.78, 5) is 118. The molecule has 1 spiro atoms. The summed E-state index contributed by atoms with van der Waals surface area (Å²) in [6.07, 6.45) is -2.81. The number of piperidine rings is 1. The molecule has 0 aromatic heterocycles. The highest BCUT2D eigenvalue weighted by Gasteiger charge is 2.59. The first-order valence-electron chi connectivity index (χ1n) is 23.4. The average molecular weight is 996 g/mol. The highest BCUT2D eigenvalue weighted by molar-refractivity contribution is 6.23. The van der Waals surface area contributed by atoms with Crippen molar-refractivity contribution in [3.63, 3.8) is 0 Å². The van der Waals surface area contributed by atoms with Gasteiger partial charge in [0, 0.05) is 61.4 Å². The summed E-state index contributed by atoms with van der Waals surface area (Å²) in [6, 6.07) is 17.8. The molecule has 4 aromatic rings. The molecule has 1 unspecified atom stereocenters. The van der Waals surface area contributed by atoms with Crippen LogP contribution in [0.5, 0.6) is 0 Å². The van der Waals surface area contributed by atoms with E-state index < -0.39 is 84.3 Å². The molecule has 4 N–H and O–H groups in total. The molecule has 4 aliphatic rings. The molecule has 3 atom stereocenters. The highest BCUT2D eigenvalue weighted by atomic mass is 19.4. The monoisotopic (exact) mass is 995 g/mol. The maximum atomic E-state index is 13.8. The zero-order valence-electron chi connectivity index (χ0n) is 38.9. The van der Waals surface area contributed by atoms with E-state index in [0.717, 1.165) is 42.4 Å². The molecule has 2 fully saturated rings. The van der Waals surface area contributed by atoms with Gasteiger partial charge in [-0.25, -0.2) is 14.1 Å². The Balaban J connectivity index is 0.749. The number of halogens is 4. The molecule has 9 amide bonds. The van der Waals surface area contributed by atoms with E-state index in [-0.39, 0.29) is 67.0 Å². The molecule has 2 saturated heterocycles. The van der Waals surface area contributed by atoms with Crippen molar-refractivity contribution in [2.75, 3.05) is 29.0 Å². The van der Waals surface area contributed by atoms with Crippen molar-refractivity contribution in [2.45, 2.75) is 102 Å². The number of imide groups is 3. The van der Waals surface area contributed by atoms with Gasteiger partial charge < -0.3 is 25.6 Å². The lowest BCUT2D eigenvalue weighted by Gasteiger charge is -2.31. The molecule has 3 heterocycles. The lowest BCUT2D eigenvalue weighted by molar-refractivity contribution is -0.187. The number of benzene rings is 4. The Morgan fingerprint density at radius 3 is 2.18 bits per heavy atom. The second-order valence-electron chi connectivity index (χ2n) is 18.1. The number of carbonyl (C=O) groups excluding carboxylic acids is 9. The molecule has 376 valence electrons. The maximum absolute atomic E-state index is 13.8. The SMILES string of the molecule is C[C@H](N(Cc1ccc(F)cc1)C(=O)CN1C(=O)O[C@@]2(CCc3cc(NC(=O)CCc4ccc(NC(=O)CCCCCNc5ccc6c(c5)C(=O)N(C5CCC(=O)NC5=O)C6=O)cc4)ccc32)C1=O)C(F)(F)F. The van der Waals surface area contributed by atoms with Gasteiger partial charge in [-0.3, -0.25) is 48.6 Å². The highest BCUT2D eigenvalue weighted by Crippen LogP contribution is 2.46. The predicted octanol–water partition coefficient (Wildman–Crippen LogP) is 6.51. The fourth-order valence-corrected chi connectivity index (χ4v) is 9.22. The Hall–Kier alpha value is -7.97. The van der Waals surface area contributed by atoms with Crippen LogP contribution in [-0.2, 0) is 58.5 Å². The molecule has 72 heavy (non-hydrogen) atoms. The molecule has 4 aromatic carbocycles. The second kappa shape index (κ2) is 20.8. The van der Waals surface area contributed by atoms with E-state index in [2.05, 4.69) is 21.3 Å². The summed E-state index contributed by atoms with van der Waals surface area (Å²) in [5.74, 6) is -5.44. The van der Waals surface area contributed by atoms with E-state index in [1.165, 1.54) is 30.3 Å². The lowest BCUT2D eigenvalue weighted by Crippen LogP contribution is -2.54. The molecular weight excluding hydrogens is 947 g/mol. The van der Waals surface area contributed by atoms with Crippen molar-refractivity contribution in [1.82, 2.24) is 20.0 Å². The van der Waals surface area contributed by atoms with Crippen LogP contribution in [-0.4, -0.2) is 99.4 Å². The first-order chi connectivity index (χ1) is 34.3. The number of carbonyl (C=O) groups is 9. The number of rotatable bonds is 18. The standard InChI is InChI=1S/C51H49F4N7O10/c1-29(51(53,54)55)60(27-31-6-11-33(52)12-7-31)44(66)28-61-48(70)50(72-49(61)71)23-22-32-25-36(16-18-39(32)50)58-42(64)20-10-30-8-13-34(14-9-30)57-41(63)5-3-2-4-24-56-35-15-17-37-38(26-35)47(69)62(46(37)68)40-19-21-43(65)59-45(40)67/h6-9,11-18,25-26,29,40,56H,2-5,10,19-24,27-28H2,1H3,(H,57,63)(H,58,64)(H,59,65,67)/t29-,40?,50+/m0/s1. The fourth-order valence-electron chi connectivity index (χ4n) is 9.22. The summed E-state index contributed by atoms with van der Waals surface area (Å²) in [6.45, 7) is -0.258. The summed E-state index contributed by atoms with van der Waals surface area (Å²) < 4.78 is 60.6. The van der Waals surface area contributed by atoms with Gasteiger partial charge in [-0.2, -0.15) is 13.2 Å². The number of hydrogen-bond donors (Lipinski definition) is 4. The third-order valence-electron chi connectivity index (χ3n) is 13.2. The number of ether oxygens (including phenoxy) is 1. The Labute approximate surface area is 409 Å². The normalized spacial score (nSPS) is 18.7. The summed E-state index contributed by atoms with van der Waals surface area (Å²) >= 11 is 0. The van der Waals surface area contributed by atoms with Gasteiger partial charge in [0.1, 0.15) is 24.4 Å². The number of nitrogens with zero attached hydrogens (tertiary/aromatic N) is 3. The molecule has 8 rings (SSSR count). The Morgan fingerprint density at radius 2 is 1.46 bits per heavy atom. The van der Waals surface area contributed by atoms with Gasteiger partial charge in [0.05, 0.1) is 11.1 Å². The molecule has 3 aliphatic heterocycles. The van der Waals surface area contributed by atoms with Gasteiger partial charge in [-0.15, -0.1) is 0 Å². The zero-order chi connectivity index (χ0) is 51.5. The van der Waals surface area contributed by atoms with Crippen molar-refractivity contribution >= 4 is 70.4 Å². The molecule has 0 saturated carbocycles. The molecule has 0 radical (unpaired) electrons. The third-order valence-corrected chi connectivity index (χ3v) is 13.2. The first kappa shape index (κ1) is 50.4. The molecule has 21 heteroatoms. The van der Waals surface area contributed by atoms with E-state index in [4.69, 9.17) is 4.74 Å². The summed E-state index contributed by atoms with van der Waals surface area (Å²) in [7, 11) is 0. The first-order valence-corrected chi connectivity index (χ1v) is 23.4. The number of amides is 9. The average Bonchev–Trinajstić information content (AvgIpc) is 3.91. The van der Waals surface area contributed by atoms with Gasteiger partial charge in [0.15, 0.2) is 0 Å². The van der Waals surface area contributed by atoms with E-state index in [0.29, 0.717) is 57.4 Å². The van der Waals surface area contributed by atoms with Crippen LogP contribution < -0.4 is 21.3 Å². The van der Waals surface area contributed by atoms with Gasteiger partial charge in [0.2, 0.25) is 35.1 Å². The predicted molar refractivity (Wildman–Crippen MR) is 249 cm³/mol. The van der Waals surface area contributed by atoms with Crippen molar-refractivity contribution < 1.29 is 65.4 Å². The van der Waals surface area contributed by atoms with Gasteiger partial charge in [-0.1, -0.05) is 36.8 Å². The maximum Gasteiger partial charge on any atom is 0.418 e. The topological polar surface area (TPSA) is 221 Å². The fraction of sp³-hybridized carbons (Fsp3) is 0.353. The summed E-state index contributed by atoms with van der Waals surface area (Å²) in [5.41, 5.74) is 2.18. The van der Waals surface area contributed by atoms with Gasteiger partial charge in [0.25, 0.3) is 17.7 Å². The quantitative estimate of drug-likeness (QED) is 0.0478. The third kappa shape index (κ3) is 10.8. The number of anilines is 3. The number of nitrogens with one attached hydrogen (secondary N) is 4. The Kier molecular flexibility index (Phi) is 14.6. The smallest absolute Gasteiger partial charge is 0.418 e. The molecule has 0 bridgehead atoms. The minimum Gasteiger partial charge on any atom is -0.427 e. The van der Waals surface area contributed by atoms with Crippen molar-refractivity contribution in [3.8, 4) is 0 Å². The molecular formula is C51H49F4N7O10. The van der Waals surface area contributed by atoms with Crippen LogP contribution in [0.3, 0.4) is 0 Å². The number of unbranched alkanes of at least 4 members (excludes halogenated alkanes) is 2. The van der Waals surface area contributed by atoms with Crippen LogP contribution >= 0.6 is 0 Å². The van der Waals surface area contributed by atoms with Gasteiger partial charge in [-0.05, 0) is 110 Å². The van der Waals surface area contributed by atoms with Crippen molar-refractivity contribution in [2.24, 2.45) is 0 Å². The molecule has 1 aliphatic carbocycles. The second-order valence-corrected chi connectivity index (χ2v) is 18.1. The number of hydrogen-bond acceptors (Lipinski definition) is 11. The van der Waals surface area contributed by atoms with Crippen LogP contribution in [0.2, 0.25) is 0 Å². The minimum absolute atomic E-state index is 0.00885. The lowest BCUT2D eigenvalue weighted by atomic mass is 9.94. The van der Waals surface area contributed by atoms with Crippen LogP contribution in [0.25, 0.3) is 0 Å². The van der Waals surface area contributed by atoms with E-state index in [1.54, 1.807) is 42.5 Å². The van der Waals surface area contributed by atoms with Crippen molar-refractivity contribution in [1.29, 1.82) is 0 Å². The van der Waals surface area contributed by atoms with Crippen molar-refractivity contribution in [3.05, 3.63) is 124 Å². The largest absolute Gasteiger partial charge is 0.427 e.